The van der Waals surface area contributed by atoms with Crippen molar-refractivity contribution in [3.63, 3.8) is 0 Å². The maximum Gasteiger partial charge on any atom is 0.134 e. The van der Waals surface area contributed by atoms with Crippen molar-refractivity contribution in [1.82, 2.24) is 0 Å². The van der Waals surface area contributed by atoms with E-state index in [1.54, 1.807) is 6.92 Å². The highest BCUT2D eigenvalue weighted by Gasteiger charge is 2.14. The van der Waals surface area contributed by atoms with Gasteiger partial charge in [0.1, 0.15) is 18.1 Å². The summed E-state index contributed by atoms with van der Waals surface area (Å²) in [5.74, 6) is 1.27. The van der Waals surface area contributed by atoms with E-state index in [1.165, 1.54) is 16.7 Å². The highest BCUT2D eigenvalue weighted by molar-refractivity contribution is 5.79. The molecule has 0 atom stereocenters. The van der Waals surface area contributed by atoms with Gasteiger partial charge in [0.05, 0.1) is 13.2 Å². The van der Waals surface area contributed by atoms with Crippen molar-refractivity contribution in [3.8, 4) is 16.9 Å². The van der Waals surface area contributed by atoms with Crippen LogP contribution in [-0.2, 0) is 37.5 Å². The smallest absolute Gasteiger partial charge is 0.134 e. The van der Waals surface area contributed by atoms with E-state index >= 15 is 0 Å². The molecule has 0 heterocycles. The van der Waals surface area contributed by atoms with Crippen LogP contribution in [0.3, 0.4) is 0 Å². The summed E-state index contributed by atoms with van der Waals surface area (Å²) in [6.45, 7) is 8.29. The molecule has 0 saturated heterocycles. The lowest BCUT2D eigenvalue weighted by atomic mass is 9.87. The highest BCUT2D eigenvalue weighted by Crippen LogP contribution is 2.35. The van der Waals surface area contributed by atoms with Crippen LogP contribution in [0.15, 0.2) is 54.6 Å². The average molecular weight is 447 g/mol. The standard InChI is InChI=1S/C29H34O4/c1-5-23-9-10-26(33-18-22-6-8-24(16-30)25(13-22)17-31)15-29(23)27-11-7-21(12-20(4)32)14-28(27)19(2)3/h6-11,13-15,19,30-31H,5,12,16-18H2,1-4H3. The summed E-state index contributed by atoms with van der Waals surface area (Å²) < 4.78 is 6.11. The molecule has 0 bridgehead atoms. The van der Waals surface area contributed by atoms with Gasteiger partial charge in [0.2, 0.25) is 0 Å². The summed E-state index contributed by atoms with van der Waals surface area (Å²) in [6, 6.07) is 18.2. The van der Waals surface area contributed by atoms with E-state index in [2.05, 4.69) is 51.1 Å². The second kappa shape index (κ2) is 11.3. The lowest BCUT2D eigenvalue weighted by Crippen LogP contribution is -2.02. The molecule has 2 N–H and O–H groups in total. The summed E-state index contributed by atoms with van der Waals surface area (Å²) in [7, 11) is 0. The van der Waals surface area contributed by atoms with Gasteiger partial charge in [-0.25, -0.2) is 0 Å². The van der Waals surface area contributed by atoms with E-state index in [0.29, 0.717) is 24.5 Å². The molecule has 0 fully saturated rings. The van der Waals surface area contributed by atoms with Crippen molar-refractivity contribution in [2.45, 2.75) is 66.3 Å². The molecule has 0 aromatic heterocycles. The second-order valence-electron chi connectivity index (χ2n) is 8.84. The molecule has 0 radical (unpaired) electrons. The first-order valence-electron chi connectivity index (χ1n) is 11.6. The zero-order valence-corrected chi connectivity index (χ0v) is 20.0. The number of Topliss-reactive ketones (excluding diaryl/α,β-unsaturated/α-hetero) is 1. The summed E-state index contributed by atoms with van der Waals surface area (Å²) in [5.41, 5.74) is 8.23. The number of carbonyl (C=O) groups is 1. The number of hydrogen-bond acceptors (Lipinski definition) is 4. The van der Waals surface area contributed by atoms with Gasteiger partial charge < -0.3 is 14.9 Å². The van der Waals surface area contributed by atoms with Crippen molar-refractivity contribution < 1.29 is 19.7 Å². The molecule has 0 unspecified atom stereocenters. The Balaban J connectivity index is 1.92. The number of benzene rings is 3. The first kappa shape index (κ1) is 24.7. The molecule has 3 aromatic rings. The summed E-state index contributed by atoms with van der Waals surface area (Å²) in [6.07, 6.45) is 1.36. The van der Waals surface area contributed by atoms with Crippen molar-refractivity contribution in [2.75, 3.05) is 0 Å². The Morgan fingerprint density at radius 2 is 1.55 bits per heavy atom. The van der Waals surface area contributed by atoms with Crippen LogP contribution in [0.2, 0.25) is 0 Å². The van der Waals surface area contributed by atoms with E-state index in [4.69, 9.17) is 4.74 Å². The number of hydrogen-bond donors (Lipinski definition) is 2. The van der Waals surface area contributed by atoms with Crippen LogP contribution in [0.25, 0.3) is 11.1 Å². The van der Waals surface area contributed by atoms with Crippen LogP contribution in [0, 0.1) is 0 Å². The van der Waals surface area contributed by atoms with Gasteiger partial charge >= 0.3 is 0 Å². The lowest BCUT2D eigenvalue weighted by Gasteiger charge is -2.18. The van der Waals surface area contributed by atoms with Gasteiger partial charge in [0.25, 0.3) is 0 Å². The summed E-state index contributed by atoms with van der Waals surface area (Å²) in [4.78, 5) is 11.6. The third kappa shape index (κ3) is 6.10. The van der Waals surface area contributed by atoms with Gasteiger partial charge in [-0.2, -0.15) is 0 Å². The second-order valence-corrected chi connectivity index (χ2v) is 8.84. The average Bonchev–Trinajstić information content (AvgIpc) is 2.81. The van der Waals surface area contributed by atoms with E-state index < -0.39 is 0 Å². The maximum absolute atomic E-state index is 11.6. The van der Waals surface area contributed by atoms with Crippen LogP contribution < -0.4 is 4.74 Å². The predicted octanol–water partition coefficient (Wildman–Crippen LogP) is 5.73. The molecular weight excluding hydrogens is 412 g/mol. The first-order chi connectivity index (χ1) is 15.9. The van der Waals surface area contributed by atoms with Crippen LogP contribution in [-0.4, -0.2) is 16.0 Å². The van der Waals surface area contributed by atoms with E-state index in [9.17, 15) is 15.0 Å². The normalized spacial score (nSPS) is 11.1. The SMILES string of the molecule is CCc1ccc(OCc2ccc(CO)c(CO)c2)cc1-c1ccc(CC(C)=O)cc1C(C)C. The quantitative estimate of drug-likeness (QED) is 0.417. The van der Waals surface area contributed by atoms with Crippen molar-refractivity contribution in [3.05, 3.63) is 88.0 Å². The Kier molecular flexibility index (Phi) is 8.43. The Hall–Kier alpha value is -2.95. The minimum Gasteiger partial charge on any atom is -0.489 e. The molecule has 3 rings (SSSR count). The number of carbonyl (C=O) groups excluding carboxylic acids is 1. The molecule has 0 amide bonds. The van der Waals surface area contributed by atoms with Crippen molar-refractivity contribution >= 4 is 5.78 Å². The topological polar surface area (TPSA) is 66.8 Å². The van der Waals surface area contributed by atoms with Crippen molar-refractivity contribution in [2.24, 2.45) is 0 Å². The fraction of sp³-hybridized carbons (Fsp3) is 0.345. The molecule has 4 heteroatoms. The predicted molar refractivity (Wildman–Crippen MR) is 132 cm³/mol. The van der Waals surface area contributed by atoms with Crippen LogP contribution in [0.5, 0.6) is 5.75 Å². The molecule has 174 valence electrons. The zero-order chi connectivity index (χ0) is 24.0. The number of ether oxygens (including phenoxy) is 1. The van der Waals surface area contributed by atoms with E-state index in [1.807, 2.05) is 24.3 Å². The molecular formula is C29H34O4. The first-order valence-corrected chi connectivity index (χ1v) is 11.6. The van der Waals surface area contributed by atoms with Gasteiger partial charge in [0.15, 0.2) is 0 Å². The molecule has 0 aliphatic heterocycles. The number of rotatable bonds is 10. The molecule has 33 heavy (non-hydrogen) atoms. The van der Waals surface area contributed by atoms with Crippen molar-refractivity contribution in [1.29, 1.82) is 0 Å². The van der Waals surface area contributed by atoms with Crippen LogP contribution >= 0.6 is 0 Å². The Bertz CT molecular complexity index is 1110. The molecule has 4 nitrogen and oxygen atoms in total. The third-order valence-corrected chi connectivity index (χ3v) is 5.96. The largest absolute Gasteiger partial charge is 0.489 e. The Labute approximate surface area is 196 Å². The molecule has 0 aliphatic rings. The number of ketones is 1. The number of aliphatic hydroxyl groups is 2. The van der Waals surface area contributed by atoms with Gasteiger partial charge in [-0.15, -0.1) is 0 Å². The number of aryl methyl sites for hydroxylation is 1. The number of aliphatic hydroxyl groups excluding tert-OH is 2. The van der Waals surface area contributed by atoms with Gasteiger partial charge in [0, 0.05) is 6.42 Å². The molecule has 0 saturated carbocycles. The van der Waals surface area contributed by atoms with Crippen LogP contribution in [0.4, 0.5) is 0 Å². The van der Waals surface area contributed by atoms with E-state index in [0.717, 1.165) is 34.4 Å². The van der Waals surface area contributed by atoms with Crippen LogP contribution in [0.1, 0.15) is 67.0 Å². The summed E-state index contributed by atoms with van der Waals surface area (Å²) >= 11 is 0. The fourth-order valence-electron chi connectivity index (χ4n) is 4.17. The third-order valence-electron chi connectivity index (χ3n) is 5.96. The Morgan fingerprint density at radius 1 is 0.848 bits per heavy atom. The minimum absolute atomic E-state index is 0.0950. The Morgan fingerprint density at radius 3 is 2.18 bits per heavy atom. The minimum atomic E-state index is -0.114. The zero-order valence-electron chi connectivity index (χ0n) is 20.0. The monoisotopic (exact) mass is 446 g/mol. The molecule has 0 aliphatic carbocycles. The highest BCUT2D eigenvalue weighted by atomic mass is 16.5. The van der Waals surface area contributed by atoms with Gasteiger partial charge in [-0.1, -0.05) is 57.2 Å². The fourth-order valence-corrected chi connectivity index (χ4v) is 4.17. The van der Waals surface area contributed by atoms with Gasteiger partial charge in [-0.3, -0.25) is 4.79 Å². The molecule has 3 aromatic carbocycles. The lowest BCUT2D eigenvalue weighted by molar-refractivity contribution is -0.116. The van der Waals surface area contributed by atoms with Gasteiger partial charge in [-0.05, 0) is 82.0 Å². The maximum atomic E-state index is 11.6. The molecule has 0 spiro atoms. The summed E-state index contributed by atoms with van der Waals surface area (Å²) in [5, 5.41) is 18.9. The van der Waals surface area contributed by atoms with E-state index in [-0.39, 0.29) is 19.0 Å².